The second-order valence-corrected chi connectivity index (χ2v) is 7.55. The number of nitrogens with zero attached hydrogens (tertiary/aromatic N) is 5. The number of fused-ring (bicyclic) bond motifs is 1. The molecule has 31 heavy (non-hydrogen) atoms. The van der Waals surface area contributed by atoms with Gasteiger partial charge in [-0.3, -0.25) is 0 Å². The molecule has 2 aromatic carbocycles. The summed E-state index contributed by atoms with van der Waals surface area (Å²) in [6.45, 7) is 4.13. The van der Waals surface area contributed by atoms with Crippen LogP contribution in [-0.4, -0.2) is 26.7 Å². The first-order valence-electron chi connectivity index (χ1n) is 10.5. The van der Waals surface area contributed by atoms with Crippen molar-refractivity contribution in [2.45, 2.75) is 39.5 Å². The van der Waals surface area contributed by atoms with Crippen LogP contribution in [0.5, 0.6) is 6.01 Å². The van der Waals surface area contributed by atoms with Gasteiger partial charge in [0.05, 0.1) is 18.7 Å². The van der Waals surface area contributed by atoms with Crippen molar-refractivity contribution in [1.29, 1.82) is 5.26 Å². The Labute approximate surface area is 182 Å². The molecule has 4 rings (SSSR count). The third-order valence-electron chi connectivity index (χ3n) is 5.45. The third kappa shape index (κ3) is 4.13. The summed E-state index contributed by atoms with van der Waals surface area (Å²) < 4.78 is 7.03. The molecule has 4 aromatic rings. The SMILES string of the molecule is CCCCc1nc(C)n2nc(OC)nc2c1Cc1ccc(-c2ccccc2C#N)cc1. The molecule has 0 bridgehead atoms. The highest BCUT2D eigenvalue weighted by molar-refractivity contribution is 5.70. The number of methoxy groups -OCH3 is 1. The fraction of sp³-hybridized carbons (Fsp3) is 0.280. The summed E-state index contributed by atoms with van der Waals surface area (Å²) >= 11 is 0. The molecule has 0 aliphatic carbocycles. The predicted octanol–water partition coefficient (Wildman–Crippen LogP) is 4.91. The molecule has 6 heteroatoms. The van der Waals surface area contributed by atoms with Crippen molar-refractivity contribution in [2.75, 3.05) is 7.11 Å². The van der Waals surface area contributed by atoms with Crippen molar-refractivity contribution in [1.82, 2.24) is 19.6 Å². The number of benzene rings is 2. The van der Waals surface area contributed by atoms with E-state index in [2.05, 4.69) is 47.3 Å². The van der Waals surface area contributed by atoms with Crippen LogP contribution < -0.4 is 4.74 Å². The normalized spacial score (nSPS) is 10.9. The first-order chi connectivity index (χ1) is 15.1. The topological polar surface area (TPSA) is 76.1 Å². The minimum Gasteiger partial charge on any atom is -0.466 e. The lowest BCUT2D eigenvalue weighted by molar-refractivity contribution is 0.380. The standard InChI is InChI=1S/C25H25N5O/c1-4-5-10-23-22(24-28-25(31-3)29-30(24)17(2)27-23)15-18-11-13-19(14-12-18)21-9-7-6-8-20(21)16-26/h6-9,11-14H,4-5,10,15H2,1-3H3. The largest absolute Gasteiger partial charge is 0.466 e. The van der Waals surface area contributed by atoms with Crippen molar-refractivity contribution in [3.63, 3.8) is 0 Å². The smallest absolute Gasteiger partial charge is 0.336 e. The van der Waals surface area contributed by atoms with Gasteiger partial charge < -0.3 is 4.74 Å². The van der Waals surface area contributed by atoms with Crippen molar-refractivity contribution in [3.05, 3.63) is 76.7 Å². The number of ether oxygens (including phenoxy) is 1. The first kappa shape index (κ1) is 20.5. The Balaban J connectivity index is 1.73. The van der Waals surface area contributed by atoms with E-state index in [9.17, 15) is 5.26 Å². The zero-order valence-electron chi connectivity index (χ0n) is 18.1. The summed E-state index contributed by atoms with van der Waals surface area (Å²) in [6, 6.07) is 18.6. The average Bonchev–Trinajstić information content (AvgIpc) is 3.25. The zero-order valence-corrected chi connectivity index (χ0v) is 18.1. The molecule has 2 heterocycles. The van der Waals surface area contributed by atoms with Gasteiger partial charge in [0.2, 0.25) is 0 Å². The Hall–Kier alpha value is -3.72. The lowest BCUT2D eigenvalue weighted by Crippen LogP contribution is -2.08. The molecule has 0 amide bonds. The molecule has 0 saturated heterocycles. The third-order valence-corrected chi connectivity index (χ3v) is 5.45. The van der Waals surface area contributed by atoms with E-state index >= 15 is 0 Å². The molecular formula is C25H25N5O. The Morgan fingerprint density at radius 2 is 1.84 bits per heavy atom. The maximum Gasteiger partial charge on any atom is 0.336 e. The highest BCUT2D eigenvalue weighted by atomic mass is 16.5. The second-order valence-electron chi connectivity index (χ2n) is 7.55. The van der Waals surface area contributed by atoms with Crippen LogP contribution in [0.1, 0.15) is 48.0 Å². The van der Waals surface area contributed by atoms with Crippen LogP contribution >= 0.6 is 0 Å². The van der Waals surface area contributed by atoms with Gasteiger partial charge in [-0.2, -0.15) is 14.8 Å². The lowest BCUT2D eigenvalue weighted by Gasteiger charge is -2.12. The summed E-state index contributed by atoms with van der Waals surface area (Å²) in [4.78, 5) is 9.44. The summed E-state index contributed by atoms with van der Waals surface area (Å²) in [7, 11) is 1.58. The molecular weight excluding hydrogens is 386 g/mol. The average molecular weight is 412 g/mol. The fourth-order valence-electron chi connectivity index (χ4n) is 3.81. The van der Waals surface area contributed by atoms with E-state index in [4.69, 9.17) is 9.72 Å². The Bertz CT molecular complexity index is 1250. The molecule has 0 fully saturated rings. The molecule has 0 atom stereocenters. The van der Waals surface area contributed by atoms with Crippen molar-refractivity contribution in [3.8, 4) is 23.2 Å². The number of unbranched alkanes of at least 4 members (excludes halogenated alkanes) is 1. The lowest BCUT2D eigenvalue weighted by atomic mass is 9.96. The van der Waals surface area contributed by atoms with Gasteiger partial charge in [0.15, 0.2) is 5.65 Å². The van der Waals surface area contributed by atoms with Crippen LogP contribution in [0.2, 0.25) is 0 Å². The van der Waals surface area contributed by atoms with Gasteiger partial charge in [0.25, 0.3) is 0 Å². The maximum atomic E-state index is 9.39. The van der Waals surface area contributed by atoms with Crippen LogP contribution in [0.4, 0.5) is 0 Å². The van der Waals surface area contributed by atoms with Crippen LogP contribution in [0.3, 0.4) is 0 Å². The minimum absolute atomic E-state index is 0.349. The number of rotatable bonds is 7. The van der Waals surface area contributed by atoms with E-state index in [1.165, 1.54) is 0 Å². The Kier molecular flexibility index (Phi) is 5.94. The predicted molar refractivity (Wildman–Crippen MR) is 120 cm³/mol. The molecule has 0 unspecified atom stereocenters. The highest BCUT2D eigenvalue weighted by Gasteiger charge is 2.17. The van der Waals surface area contributed by atoms with Gasteiger partial charge in [-0.1, -0.05) is 55.8 Å². The Morgan fingerprint density at radius 1 is 1.06 bits per heavy atom. The number of aromatic nitrogens is 4. The van der Waals surface area contributed by atoms with E-state index in [1.807, 2.05) is 31.2 Å². The van der Waals surface area contributed by atoms with Crippen molar-refractivity contribution < 1.29 is 4.74 Å². The second kappa shape index (κ2) is 8.97. The van der Waals surface area contributed by atoms with Crippen molar-refractivity contribution >= 4 is 5.65 Å². The summed E-state index contributed by atoms with van der Waals surface area (Å²) in [5.41, 5.74) is 6.77. The maximum absolute atomic E-state index is 9.39. The molecule has 0 radical (unpaired) electrons. The summed E-state index contributed by atoms with van der Waals surface area (Å²) in [5, 5.41) is 13.8. The monoisotopic (exact) mass is 411 g/mol. The van der Waals surface area contributed by atoms with E-state index in [0.717, 1.165) is 58.7 Å². The van der Waals surface area contributed by atoms with Gasteiger partial charge in [0.1, 0.15) is 5.82 Å². The van der Waals surface area contributed by atoms with E-state index in [0.29, 0.717) is 18.0 Å². The first-order valence-corrected chi connectivity index (χ1v) is 10.5. The van der Waals surface area contributed by atoms with Gasteiger partial charge in [-0.05, 0) is 42.5 Å². The van der Waals surface area contributed by atoms with Crippen molar-refractivity contribution in [2.24, 2.45) is 0 Å². The fourth-order valence-corrected chi connectivity index (χ4v) is 3.81. The molecule has 156 valence electrons. The van der Waals surface area contributed by atoms with Gasteiger partial charge in [0, 0.05) is 17.7 Å². The van der Waals surface area contributed by atoms with Crippen LogP contribution in [0.15, 0.2) is 48.5 Å². The van der Waals surface area contributed by atoms with Gasteiger partial charge in [-0.15, -0.1) is 5.10 Å². The highest BCUT2D eigenvalue weighted by Crippen LogP contribution is 2.26. The molecule has 0 saturated carbocycles. The zero-order chi connectivity index (χ0) is 21.8. The molecule has 2 aromatic heterocycles. The van der Waals surface area contributed by atoms with E-state index in [-0.39, 0.29) is 0 Å². The van der Waals surface area contributed by atoms with Crippen LogP contribution in [0.25, 0.3) is 16.8 Å². The molecule has 0 aliphatic rings. The molecule has 0 N–H and O–H groups in total. The Morgan fingerprint density at radius 3 is 2.55 bits per heavy atom. The quantitative estimate of drug-likeness (QED) is 0.432. The van der Waals surface area contributed by atoms with E-state index < -0.39 is 0 Å². The van der Waals surface area contributed by atoms with Gasteiger partial charge in [-0.25, -0.2) is 4.98 Å². The summed E-state index contributed by atoms with van der Waals surface area (Å²) in [6.07, 6.45) is 3.79. The minimum atomic E-state index is 0.349. The van der Waals surface area contributed by atoms with E-state index in [1.54, 1.807) is 11.6 Å². The number of hydrogen-bond acceptors (Lipinski definition) is 5. The van der Waals surface area contributed by atoms with Crippen LogP contribution in [0, 0.1) is 18.3 Å². The molecule has 0 spiro atoms. The number of nitriles is 1. The molecule has 6 nitrogen and oxygen atoms in total. The summed E-state index contributed by atoms with van der Waals surface area (Å²) in [5.74, 6) is 0.809. The molecule has 0 aliphatic heterocycles. The van der Waals surface area contributed by atoms with Gasteiger partial charge >= 0.3 is 6.01 Å². The van der Waals surface area contributed by atoms with Crippen LogP contribution in [-0.2, 0) is 12.8 Å². The number of hydrogen-bond donors (Lipinski definition) is 0. The number of aryl methyl sites for hydroxylation is 2.